The minimum atomic E-state index is -1.03. The number of methoxy groups -OCH3 is 2. The number of hydrogen-bond donors (Lipinski definition) is 2. The molecule has 6 heterocycles. The summed E-state index contributed by atoms with van der Waals surface area (Å²) >= 11 is 0. The molecular formula is C48H50N6O5. The zero-order valence-electron chi connectivity index (χ0n) is 35.3. The molecule has 3 aliphatic heterocycles. The molecule has 11 nitrogen and oxygen atoms in total. The van der Waals surface area contributed by atoms with E-state index in [4.69, 9.17) is 19.4 Å². The number of carbonyl (C=O) groups excluding carboxylic acids is 3. The van der Waals surface area contributed by atoms with Crippen molar-refractivity contribution in [3.63, 3.8) is 0 Å². The molecule has 0 fully saturated rings. The number of esters is 2. The first kappa shape index (κ1) is 39.5. The van der Waals surface area contributed by atoms with Crippen molar-refractivity contribution in [1.82, 2.24) is 19.9 Å². The van der Waals surface area contributed by atoms with E-state index >= 15 is 0 Å². The molecule has 8 rings (SSSR count). The highest BCUT2D eigenvalue weighted by Gasteiger charge is 2.67. The van der Waals surface area contributed by atoms with E-state index in [-0.39, 0.29) is 31.2 Å². The number of allylic oxidation sites excluding steroid dienone is 2. The van der Waals surface area contributed by atoms with Crippen LogP contribution in [-0.4, -0.2) is 65.5 Å². The largest absolute Gasteiger partial charge is 0.469 e. The van der Waals surface area contributed by atoms with Crippen LogP contribution in [0.1, 0.15) is 120 Å². The SMILES string of the molecule is CCc1c(C)c2cc3[nH]c(cc4nc(c5c6nc(cc1[nH]2)C1(C)c2cc(C=O)ccc2N(C)C(C(C#N)=C5)C61CCC(=O)OC)C(CCC(=O)OC)=C4C)c(C)c3CC. The van der Waals surface area contributed by atoms with Crippen LogP contribution in [0.5, 0.6) is 0 Å². The number of nitrogens with zero attached hydrogens (tertiary/aromatic N) is 4. The molecule has 4 aliphatic rings. The number of likely N-dealkylation sites (N-methyl/N-ethyl adjacent to an activating group) is 1. The van der Waals surface area contributed by atoms with E-state index in [0.29, 0.717) is 34.5 Å². The van der Waals surface area contributed by atoms with Crippen molar-refractivity contribution in [2.45, 2.75) is 96.9 Å². The van der Waals surface area contributed by atoms with Gasteiger partial charge in [-0.05, 0) is 135 Å². The third kappa shape index (κ3) is 5.63. The van der Waals surface area contributed by atoms with Crippen LogP contribution in [-0.2, 0) is 42.7 Å². The third-order valence-electron chi connectivity index (χ3n) is 13.8. The second-order valence-electron chi connectivity index (χ2n) is 16.3. The summed E-state index contributed by atoms with van der Waals surface area (Å²) in [6, 6.07) is 14.1. The highest BCUT2D eigenvalue weighted by molar-refractivity contribution is 5.97. The lowest BCUT2D eigenvalue weighted by molar-refractivity contribution is -0.141. The first-order valence-electron chi connectivity index (χ1n) is 20.4. The number of ether oxygens (including phenoxy) is 2. The summed E-state index contributed by atoms with van der Waals surface area (Å²) in [7, 11) is 4.74. The number of benzene rings is 1. The molecule has 3 atom stereocenters. The van der Waals surface area contributed by atoms with Crippen molar-refractivity contribution in [2.75, 3.05) is 26.2 Å². The summed E-state index contributed by atoms with van der Waals surface area (Å²) < 4.78 is 10.4. The molecule has 0 radical (unpaired) electrons. The van der Waals surface area contributed by atoms with Crippen molar-refractivity contribution in [3.05, 3.63) is 104 Å². The van der Waals surface area contributed by atoms with Gasteiger partial charge in [-0.1, -0.05) is 13.8 Å². The Balaban J connectivity index is 1.64. The number of fused-ring (bicyclic) bond motifs is 11. The van der Waals surface area contributed by atoms with Gasteiger partial charge in [0.1, 0.15) is 6.29 Å². The first-order chi connectivity index (χ1) is 28.3. The molecule has 8 bridgehead atoms. The van der Waals surface area contributed by atoms with Gasteiger partial charge in [-0.2, -0.15) is 5.26 Å². The average molecular weight is 791 g/mol. The molecular weight excluding hydrogens is 741 g/mol. The van der Waals surface area contributed by atoms with E-state index in [0.717, 1.165) is 91.7 Å². The fourth-order valence-electron chi connectivity index (χ4n) is 10.6. The molecule has 0 saturated heterocycles. The van der Waals surface area contributed by atoms with Gasteiger partial charge in [-0.15, -0.1) is 0 Å². The number of aromatic amines is 2. The maximum atomic E-state index is 13.3. The second kappa shape index (κ2) is 14.5. The van der Waals surface area contributed by atoms with Gasteiger partial charge in [0.05, 0.1) is 65.5 Å². The lowest BCUT2D eigenvalue weighted by Gasteiger charge is -2.58. The van der Waals surface area contributed by atoms with Gasteiger partial charge in [0.2, 0.25) is 0 Å². The minimum absolute atomic E-state index is 0.0496. The number of hydrogen-bond acceptors (Lipinski definition) is 9. The van der Waals surface area contributed by atoms with Gasteiger partial charge < -0.3 is 24.3 Å². The van der Waals surface area contributed by atoms with Crippen molar-refractivity contribution >= 4 is 63.2 Å². The average Bonchev–Trinajstić information content (AvgIpc) is 3.90. The maximum Gasteiger partial charge on any atom is 0.305 e. The van der Waals surface area contributed by atoms with Crippen LogP contribution in [0.4, 0.5) is 5.69 Å². The van der Waals surface area contributed by atoms with Crippen molar-refractivity contribution in [1.29, 1.82) is 5.26 Å². The summed E-state index contributed by atoms with van der Waals surface area (Å²) in [5, 5.41) is 11.2. The lowest BCUT2D eigenvalue weighted by atomic mass is 9.49. The van der Waals surface area contributed by atoms with Gasteiger partial charge in [0, 0.05) is 58.8 Å². The van der Waals surface area contributed by atoms with E-state index in [1.807, 2.05) is 32.2 Å². The minimum Gasteiger partial charge on any atom is -0.469 e. The van der Waals surface area contributed by atoms with Gasteiger partial charge in [0.15, 0.2) is 0 Å². The summed E-state index contributed by atoms with van der Waals surface area (Å²) in [5.41, 5.74) is 14.4. The molecule has 1 aromatic carbocycles. The van der Waals surface area contributed by atoms with Crippen LogP contribution in [0.15, 0.2) is 42.0 Å². The number of nitrogens with one attached hydrogen (secondary N) is 2. The predicted octanol–water partition coefficient (Wildman–Crippen LogP) is 8.69. The Labute approximate surface area is 344 Å². The molecule has 0 amide bonds. The monoisotopic (exact) mass is 790 g/mol. The smallest absolute Gasteiger partial charge is 0.305 e. The van der Waals surface area contributed by atoms with Crippen LogP contribution < -0.4 is 4.90 Å². The molecule has 302 valence electrons. The van der Waals surface area contributed by atoms with Crippen molar-refractivity contribution < 1.29 is 23.9 Å². The highest BCUT2D eigenvalue weighted by atomic mass is 16.5. The quantitative estimate of drug-likeness (QED) is 0.125. The Morgan fingerprint density at radius 1 is 0.915 bits per heavy atom. The normalized spacial score (nSPS) is 20.2. The van der Waals surface area contributed by atoms with Crippen LogP contribution >= 0.6 is 0 Å². The molecule has 3 aromatic heterocycles. The van der Waals surface area contributed by atoms with E-state index in [9.17, 15) is 19.6 Å². The van der Waals surface area contributed by atoms with Gasteiger partial charge in [-0.25, -0.2) is 4.98 Å². The molecule has 59 heavy (non-hydrogen) atoms. The highest BCUT2D eigenvalue weighted by Crippen LogP contribution is 2.65. The number of nitriles is 1. The Morgan fingerprint density at radius 2 is 1.56 bits per heavy atom. The second-order valence-corrected chi connectivity index (χ2v) is 16.3. The molecule has 2 N–H and O–H groups in total. The first-order valence-corrected chi connectivity index (χ1v) is 20.4. The van der Waals surface area contributed by atoms with E-state index < -0.39 is 16.9 Å². The topological polar surface area (TPSA) is 154 Å². The molecule has 4 aromatic rings. The zero-order valence-corrected chi connectivity index (χ0v) is 35.3. The van der Waals surface area contributed by atoms with Crippen LogP contribution in [0.2, 0.25) is 0 Å². The molecule has 1 aliphatic carbocycles. The summed E-state index contributed by atoms with van der Waals surface area (Å²) in [4.78, 5) is 59.3. The molecule has 0 saturated carbocycles. The Hall–Kier alpha value is -6.28. The molecule has 3 unspecified atom stereocenters. The fourth-order valence-corrected chi connectivity index (χ4v) is 10.6. The summed E-state index contributed by atoms with van der Waals surface area (Å²) in [5.74, 6) is -0.724. The number of aromatic nitrogens is 4. The van der Waals surface area contributed by atoms with E-state index in [1.54, 1.807) is 6.07 Å². The summed E-state index contributed by atoms with van der Waals surface area (Å²) in [6.07, 6.45) is 5.15. The summed E-state index contributed by atoms with van der Waals surface area (Å²) in [6.45, 7) is 12.8. The predicted molar refractivity (Wildman–Crippen MR) is 230 cm³/mol. The number of aryl methyl sites for hydroxylation is 4. The fraction of sp³-hybridized carbons (Fsp3) is 0.375. The van der Waals surface area contributed by atoms with Crippen LogP contribution in [0.25, 0.3) is 39.3 Å². The standard InChI is InChI=1S/C48H50N6O5/c1-10-30-25(3)35-20-37-27(5)32(13-15-42(56)58-8)44(52-37)33-19-29(23-49)46-48(17-16-43(57)59-9)45(33)53-41(22-39-31(11-2)26(4)36(51-39)21-38(30)50-35)47(48,6)34-18-28(24-55)12-14-40(34)54(46)7/h12,14,18-22,24,46,50-51H,10-11,13,15-17H2,1-9H3. The van der Waals surface area contributed by atoms with Crippen molar-refractivity contribution in [2.24, 2.45) is 0 Å². The van der Waals surface area contributed by atoms with Gasteiger partial charge >= 0.3 is 11.9 Å². The Morgan fingerprint density at radius 3 is 2.19 bits per heavy atom. The third-order valence-corrected chi connectivity index (χ3v) is 13.8. The van der Waals surface area contributed by atoms with E-state index in [1.165, 1.54) is 19.8 Å². The van der Waals surface area contributed by atoms with E-state index in [2.05, 4.69) is 73.8 Å². The van der Waals surface area contributed by atoms with Gasteiger partial charge in [-0.3, -0.25) is 19.4 Å². The zero-order chi connectivity index (χ0) is 42.1. The number of carbonyl (C=O) groups is 3. The Bertz CT molecular complexity index is 2780. The van der Waals surface area contributed by atoms with Crippen LogP contribution in [0, 0.1) is 25.2 Å². The van der Waals surface area contributed by atoms with Crippen molar-refractivity contribution in [3.8, 4) is 6.07 Å². The molecule has 11 heteroatoms. The maximum absolute atomic E-state index is 13.3. The van der Waals surface area contributed by atoms with Crippen LogP contribution in [0.3, 0.4) is 0 Å². The number of rotatable bonds is 9. The lowest BCUT2D eigenvalue weighted by Crippen LogP contribution is -2.64. The van der Waals surface area contributed by atoms with Gasteiger partial charge in [0.25, 0.3) is 0 Å². The number of aldehydes is 1. The number of anilines is 1. The Kier molecular flexibility index (Phi) is 9.73. The number of H-pyrrole nitrogens is 2. The molecule has 0 spiro atoms.